The van der Waals surface area contributed by atoms with Gasteiger partial charge in [-0.1, -0.05) is 11.6 Å². The normalized spacial score (nSPS) is 23.3. The zero-order valence-corrected chi connectivity index (χ0v) is 19.8. The Bertz CT molecular complexity index is 1090. The molecule has 2 aromatic rings. The van der Waals surface area contributed by atoms with Gasteiger partial charge in [0.25, 0.3) is 0 Å². The molecule has 4 heterocycles. The van der Waals surface area contributed by atoms with Crippen LogP contribution in [0.3, 0.4) is 0 Å². The van der Waals surface area contributed by atoms with Gasteiger partial charge in [0.15, 0.2) is 0 Å². The quantitative estimate of drug-likeness (QED) is 0.648. The van der Waals surface area contributed by atoms with Gasteiger partial charge < -0.3 is 14.2 Å². The molecule has 1 amide bonds. The fraction of sp³-hybridized carbons (Fsp3) is 0.667. The summed E-state index contributed by atoms with van der Waals surface area (Å²) < 4.78 is 39.2. The van der Waals surface area contributed by atoms with Crippen LogP contribution in [0.4, 0.5) is 0 Å². The number of hydrogen-bond acceptors (Lipinski definition) is 8. The van der Waals surface area contributed by atoms with Crippen LogP contribution in [-0.2, 0) is 19.6 Å². The van der Waals surface area contributed by atoms with Crippen molar-refractivity contribution >= 4 is 27.3 Å². The summed E-state index contributed by atoms with van der Waals surface area (Å²) in [6.07, 6.45) is 4.68. The van der Waals surface area contributed by atoms with E-state index in [1.165, 1.54) is 22.1 Å². The fourth-order valence-corrected chi connectivity index (χ4v) is 7.54. The van der Waals surface area contributed by atoms with Gasteiger partial charge >= 0.3 is 0 Å². The van der Waals surface area contributed by atoms with Crippen molar-refractivity contribution < 1.29 is 22.5 Å². The molecule has 2 aliphatic heterocycles. The highest BCUT2D eigenvalue weighted by Crippen LogP contribution is 2.38. The molecule has 1 aliphatic carbocycles. The Hall–Kier alpha value is -1.82. The number of carbonyl (C=O) groups excluding carboxylic acids is 1. The second-order valence-electron chi connectivity index (χ2n) is 8.75. The van der Waals surface area contributed by atoms with Crippen molar-refractivity contribution in [3.63, 3.8) is 0 Å². The maximum Gasteiger partial charge on any atom is 0.244 e. The number of amides is 1. The van der Waals surface area contributed by atoms with Gasteiger partial charge in [0.05, 0.1) is 28.9 Å². The minimum Gasteiger partial charge on any atom is -0.378 e. The molecule has 2 saturated heterocycles. The Morgan fingerprint density at radius 3 is 2.66 bits per heavy atom. The number of sulfonamides is 1. The first kappa shape index (κ1) is 22.0. The van der Waals surface area contributed by atoms with Gasteiger partial charge in [-0.15, -0.1) is 11.3 Å². The number of piperidine rings is 1. The highest BCUT2D eigenvalue weighted by atomic mass is 32.2. The molecular weight excluding hydrogens is 452 g/mol. The second kappa shape index (κ2) is 8.85. The maximum atomic E-state index is 13.5. The third-order valence-corrected chi connectivity index (χ3v) is 9.83. The van der Waals surface area contributed by atoms with Crippen LogP contribution in [0.2, 0.25) is 0 Å². The van der Waals surface area contributed by atoms with Crippen molar-refractivity contribution in [1.29, 1.82) is 0 Å². The molecule has 1 atom stereocenters. The molecule has 0 aromatic carbocycles. The van der Waals surface area contributed by atoms with E-state index < -0.39 is 10.0 Å². The van der Waals surface area contributed by atoms with Crippen LogP contribution in [0.1, 0.15) is 48.8 Å². The number of rotatable bonds is 5. The van der Waals surface area contributed by atoms with E-state index in [2.05, 4.69) is 10.1 Å². The highest BCUT2D eigenvalue weighted by molar-refractivity contribution is 7.89. The monoisotopic (exact) mass is 480 g/mol. The molecule has 9 nitrogen and oxygen atoms in total. The van der Waals surface area contributed by atoms with Gasteiger partial charge in [-0.25, -0.2) is 8.42 Å². The van der Waals surface area contributed by atoms with Crippen LogP contribution in [0.25, 0.3) is 10.7 Å². The highest BCUT2D eigenvalue weighted by Gasteiger charge is 2.37. The minimum atomic E-state index is -3.72. The molecule has 5 rings (SSSR count). The van der Waals surface area contributed by atoms with Crippen molar-refractivity contribution in [3.05, 3.63) is 16.8 Å². The first-order valence-electron chi connectivity index (χ1n) is 11.2. The van der Waals surface area contributed by atoms with E-state index in [1.807, 2.05) is 0 Å². The smallest absolute Gasteiger partial charge is 0.244 e. The summed E-state index contributed by atoms with van der Waals surface area (Å²) in [6, 6.07) is 1.65. The van der Waals surface area contributed by atoms with Gasteiger partial charge in [-0.3, -0.25) is 4.79 Å². The molecule has 1 unspecified atom stereocenters. The SMILES string of the molecule is Cc1sc(-c2noc(C3CCC3)n2)cc1S(=O)(=O)N1CCCC(C(=O)N2CCOCC2)C1. The molecule has 0 radical (unpaired) electrons. The van der Waals surface area contributed by atoms with Crippen LogP contribution in [0, 0.1) is 12.8 Å². The van der Waals surface area contributed by atoms with Crippen molar-refractivity contribution in [3.8, 4) is 10.7 Å². The summed E-state index contributed by atoms with van der Waals surface area (Å²) in [6.45, 7) is 4.66. The summed E-state index contributed by atoms with van der Waals surface area (Å²) >= 11 is 1.36. The summed E-state index contributed by atoms with van der Waals surface area (Å²) in [4.78, 5) is 20.9. The van der Waals surface area contributed by atoms with E-state index in [0.29, 0.717) is 73.1 Å². The van der Waals surface area contributed by atoms with Crippen molar-refractivity contribution in [2.75, 3.05) is 39.4 Å². The van der Waals surface area contributed by atoms with E-state index in [4.69, 9.17) is 9.26 Å². The first-order valence-corrected chi connectivity index (χ1v) is 13.5. The second-order valence-corrected chi connectivity index (χ2v) is 11.9. The Balaban J connectivity index is 1.33. The summed E-state index contributed by atoms with van der Waals surface area (Å²) in [7, 11) is -3.72. The fourth-order valence-electron chi connectivity index (χ4n) is 4.53. The number of thiophene rings is 1. The predicted octanol–water partition coefficient (Wildman–Crippen LogP) is 2.63. The number of morpholine rings is 1. The average molecular weight is 481 g/mol. The number of carbonyl (C=O) groups is 1. The first-order chi connectivity index (χ1) is 15.4. The molecule has 0 bridgehead atoms. The van der Waals surface area contributed by atoms with Gasteiger partial charge in [-0.05, 0) is 38.7 Å². The van der Waals surface area contributed by atoms with Gasteiger partial charge in [0.2, 0.25) is 27.6 Å². The van der Waals surface area contributed by atoms with Crippen LogP contribution in [0.15, 0.2) is 15.5 Å². The molecule has 0 N–H and O–H groups in total. The lowest BCUT2D eigenvalue weighted by molar-refractivity contribution is -0.140. The number of nitrogens with zero attached hydrogens (tertiary/aromatic N) is 4. The zero-order chi connectivity index (χ0) is 22.3. The Morgan fingerprint density at radius 1 is 1.16 bits per heavy atom. The molecule has 0 spiro atoms. The molecular formula is C21H28N4O5S2. The topological polar surface area (TPSA) is 106 Å². The van der Waals surface area contributed by atoms with Gasteiger partial charge in [0.1, 0.15) is 0 Å². The van der Waals surface area contributed by atoms with Crippen LogP contribution < -0.4 is 0 Å². The van der Waals surface area contributed by atoms with E-state index in [9.17, 15) is 13.2 Å². The minimum absolute atomic E-state index is 0.0336. The van der Waals surface area contributed by atoms with Crippen molar-refractivity contribution in [2.24, 2.45) is 5.92 Å². The molecule has 32 heavy (non-hydrogen) atoms. The number of aryl methyl sites for hydroxylation is 1. The Labute approximate surface area is 191 Å². The van der Waals surface area contributed by atoms with Crippen molar-refractivity contribution in [2.45, 2.75) is 49.8 Å². The lowest BCUT2D eigenvalue weighted by Gasteiger charge is -2.35. The van der Waals surface area contributed by atoms with Crippen LogP contribution in [0.5, 0.6) is 0 Å². The summed E-state index contributed by atoms with van der Waals surface area (Å²) in [5.74, 6) is 1.14. The number of hydrogen-bond donors (Lipinski definition) is 0. The third-order valence-electron chi connectivity index (χ3n) is 6.66. The molecule has 174 valence electrons. The average Bonchev–Trinajstić information content (AvgIpc) is 3.40. The zero-order valence-electron chi connectivity index (χ0n) is 18.2. The van der Waals surface area contributed by atoms with E-state index in [0.717, 1.165) is 12.8 Å². The van der Waals surface area contributed by atoms with E-state index in [-0.39, 0.29) is 23.3 Å². The summed E-state index contributed by atoms with van der Waals surface area (Å²) in [5, 5.41) is 4.08. The molecule has 3 fully saturated rings. The van der Waals surface area contributed by atoms with Crippen molar-refractivity contribution in [1.82, 2.24) is 19.3 Å². The third kappa shape index (κ3) is 4.11. The molecule has 11 heteroatoms. The maximum absolute atomic E-state index is 13.5. The molecule has 3 aliphatic rings. The molecule has 1 saturated carbocycles. The predicted molar refractivity (Wildman–Crippen MR) is 118 cm³/mol. The lowest BCUT2D eigenvalue weighted by Crippen LogP contribution is -2.49. The summed E-state index contributed by atoms with van der Waals surface area (Å²) in [5.41, 5.74) is 0. The Morgan fingerprint density at radius 2 is 1.94 bits per heavy atom. The van der Waals surface area contributed by atoms with Crippen LogP contribution >= 0.6 is 11.3 Å². The number of ether oxygens (including phenoxy) is 1. The standard InChI is InChI=1S/C21H28N4O5S2/c1-14-18(12-17(31-14)19-22-20(30-23-19)15-4-2-5-15)32(27,28)25-7-3-6-16(13-25)21(26)24-8-10-29-11-9-24/h12,15-16H,2-11,13H2,1H3. The number of aromatic nitrogens is 2. The lowest BCUT2D eigenvalue weighted by atomic mass is 9.85. The van der Waals surface area contributed by atoms with E-state index in [1.54, 1.807) is 17.9 Å². The van der Waals surface area contributed by atoms with Gasteiger partial charge in [-0.2, -0.15) is 9.29 Å². The van der Waals surface area contributed by atoms with Crippen LogP contribution in [-0.4, -0.2) is 73.1 Å². The van der Waals surface area contributed by atoms with Gasteiger partial charge in [0, 0.05) is 37.0 Å². The Kier molecular flexibility index (Phi) is 6.08. The largest absolute Gasteiger partial charge is 0.378 e. The van der Waals surface area contributed by atoms with E-state index >= 15 is 0 Å². The molecule has 2 aromatic heterocycles.